The third kappa shape index (κ3) is 4.90. The van der Waals surface area contributed by atoms with Gasteiger partial charge < -0.3 is 0 Å². The van der Waals surface area contributed by atoms with Gasteiger partial charge in [-0.3, -0.25) is 25.4 Å². The van der Waals surface area contributed by atoms with E-state index in [0.717, 1.165) is 0 Å². The molecule has 29 heavy (non-hydrogen) atoms. The molecule has 0 saturated heterocycles. The Hall–Kier alpha value is -2.99. The fourth-order valence-electron chi connectivity index (χ4n) is 2.92. The zero-order valence-corrected chi connectivity index (χ0v) is 16.7. The normalized spacial score (nSPS) is 19.4. The van der Waals surface area contributed by atoms with Gasteiger partial charge in [0.25, 0.3) is 10.1 Å². The Morgan fingerprint density at radius 2 is 1.97 bits per heavy atom. The highest BCUT2D eigenvalue weighted by molar-refractivity contribution is 7.89. The fourth-order valence-corrected chi connectivity index (χ4v) is 3.67. The van der Waals surface area contributed by atoms with Crippen molar-refractivity contribution in [1.82, 2.24) is 20.8 Å². The number of nitrogens with zero attached hydrogens (tertiary/aromatic N) is 3. The van der Waals surface area contributed by atoms with Crippen LogP contribution in [0.4, 0.5) is 0 Å². The average molecular weight is 431 g/mol. The lowest BCUT2D eigenvalue weighted by molar-refractivity contribution is 0.486. The summed E-state index contributed by atoms with van der Waals surface area (Å²) in [5, 5.41) is 4.17. The first kappa shape index (κ1) is 20.7. The predicted molar refractivity (Wildman–Crippen MR) is 114 cm³/mol. The third-order valence-electron chi connectivity index (χ3n) is 4.22. The predicted octanol–water partition coefficient (Wildman–Crippen LogP) is 1.30. The first-order valence-electron chi connectivity index (χ1n) is 8.39. The monoisotopic (exact) mass is 430 g/mol. The molecular weight excluding hydrogens is 412 g/mol. The first-order valence-corrected chi connectivity index (χ1v) is 10.2. The zero-order chi connectivity index (χ0) is 20.9. The minimum atomic E-state index is -4.47. The molecule has 2 heterocycles. The van der Waals surface area contributed by atoms with Gasteiger partial charge in [-0.05, 0) is 48.1 Å². The van der Waals surface area contributed by atoms with Crippen LogP contribution in [0.25, 0.3) is 5.57 Å². The van der Waals surface area contributed by atoms with Crippen molar-refractivity contribution in [3.63, 3.8) is 0 Å². The molecule has 2 aromatic rings. The molecule has 3 rings (SSSR count). The molecule has 0 fully saturated rings. The Morgan fingerprint density at radius 1 is 1.24 bits per heavy atom. The van der Waals surface area contributed by atoms with Crippen molar-refractivity contribution in [2.75, 3.05) is 0 Å². The molecular formula is C18H18N6O3S2. The molecule has 0 saturated carbocycles. The molecule has 0 aromatic carbocycles. The number of nitrogens with one attached hydrogen (secondary N) is 2. The van der Waals surface area contributed by atoms with Crippen molar-refractivity contribution in [3.05, 3.63) is 77.2 Å². The summed E-state index contributed by atoms with van der Waals surface area (Å²) in [6.45, 7) is 0. The molecule has 5 N–H and O–H groups in total. The fraction of sp³-hybridized carbons (Fsp3) is 0.111. The van der Waals surface area contributed by atoms with E-state index in [2.05, 4.69) is 25.9 Å². The maximum absolute atomic E-state index is 12.0. The van der Waals surface area contributed by atoms with Gasteiger partial charge in [-0.15, -0.1) is 0 Å². The average Bonchev–Trinajstić information content (AvgIpc) is 2.74. The van der Waals surface area contributed by atoms with Crippen molar-refractivity contribution in [3.8, 4) is 0 Å². The van der Waals surface area contributed by atoms with E-state index in [9.17, 15) is 13.0 Å². The van der Waals surface area contributed by atoms with Crippen LogP contribution < -0.4 is 16.7 Å². The quantitative estimate of drug-likeness (QED) is 0.181. The number of allylic oxidation sites excluding steroid dienone is 4. The molecule has 0 amide bonds. The van der Waals surface area contributed by atoms with Crippen LogP contribution in [0.15, 0.2) is 71.0 Å². The number of hydrogen-bond donors (Lipinski definition) is 4. The minimum absolute atomic E-state index is 0.0766. The second kappa shape index (κ2) is 8.57. The zero-order valence-electron chi connectivity index (χ0n) is 15.1. The lowest BCUT2D eigenvalue weighted by Crippen LogP contribution is -2.38. The maximum Gasteiger partial charge on any atom is 0.290 e. The van der Waals surface area contributed by atoms with Gasteiger partial charge in [-0.1, -0.05) is 18.2 Å². The molecule has 0 bridgehead atoms. The van der Waals surface area contributed by atoms with E-state index in [-0.39, 0.29) is 16.4 Å². The minimum Gasteiger partial charge on any atom is -0.300 e. The van der Waals surface area contributed by atoms with Gasteiger partial charge in [-0.2, -0.15) is 13.5 Å². The number of pyridine rings is 2. The van der Waals surface area contributed by atoms with E-state index in [1.807, 2.05) is 0 Å². The summed E-state index contributed by atoms with van der Waals surface area (Å²) in [5.74, 6) is 5.23. The Labute approximate surface area is 173 Å². The van der Waals surface area contributed by atoms with Crippen LogP contribution in [0, 0.1) is 0 Å². The topological polar surface area (TPSA) is 143 Å². The third-order valence-corrected chi connectivity index (χ3v) is 5.36. The Kier molecular flexibility index (Phi) is 6.13. The molecule has 1 unspecified atom stereocenters. The van der Waals surface area contributed by atoms with Gasteiger partial charge in [0, 0.05) is 25.0 Å². The van der Waals surface area contributed by atoms with Crippen molar-refractivity contribution in [2.45, 2.75) is 11.8 Å². The van der Waals surface area contributed by atoms with Crippen LogP contribution in [-0.4, -0.2) is 34.3 Å². The van der Waals surface area contributed by atoms with Crippen molar-refractivity contribution in [2.24, 2.45) is 10.9 Å². The maximum atomic E-state index is 12.0. The molecule has 1 aliphatic carbocycles. The van der Waals surface area contributed by atoms with Gasteiger partial charge in [0.05, 0.1) is 21.7 Å². The van der Waals surface area contributed by atoms with E-state index >= 15 is 0 Å². The summed E-state index contributed by atoms with van der Waals surface area (Å²) in [4.78, 5) is 8.48. The van der Waals surface area contributed by atoms with Crippen LogP contribution in [0.5, 0.6) is 0 Å². The standard InChI is InChI=1S/C18H18N6O3S2/c19-23-17(28)24-22-12-18(16-6-2-4-8-21-16)10-13(15-5-1-3-7-20-15)9-14(11-18)29(25,26)27/h1-10,12H,11,19H2,(H2,23,24,28)(H,25,26,27). The highest BCUT2D eigenvalue weighted by Crippen LogP contribution is 2.39. The Bertz CT molecular complexity index is 1090. The van der Waals surface area contributed by atoms with Crippen LogP contribution in [0.2, 0.25) is 0 Å². The Balaban J connectivity index is 2.19. The molecule has 11 heteroatoms. The SMILES string of the molecule is NNC(=S)NN=CC1(c2ccccn2)C=C(c2ccccn2)C=C(S(=O)(=O)O)C1. The van der Waals surface area contributed by atoms with E-state index in [4.69, 9.17) is 18.1 Å². The second-order valence-corrected chi connectivity index (χ2v) is 8.06. The van der Waals surface area contributed by atoms with Crippen LogP contribution in [0.1, 0.15) is 17.8 Å². The Morgan fingerprint density at radius 3 is 2.55 bits per heavy atom. The molecule has 0 aliphatic heterocycles. The number of nitrogens with two attached hydrogens (primary N) is 1. The van der Waals surface area contributed by atoms with Crippen molar-refractivity contribution >= 4 is 39.2 Å². The van der Waals surface area contributed by atoms with Gasteiger partial charge in [0.15, 0.2) is 0 Å². The molecule has 9 nitrogen and oxygen atoms in total. The highest BCUT2D eigenvalue weighted by atomic mass is 32.2. The summed E-state index contributed by atoms with van der Waals surface area (Å²) in [5.41, 5.74) is 5.26. The van der Waals surface area contributed by atoms with Gasteiger partial charge in [0.1, 0.15) is 0 Å². The summed E-state index contributed by atoms with van der Waals surface area (Å²) in [6.07, 6.45) is 7.76. The van der Waals surface area contributed by atoms with E-state index in [0.29, 0.717) is 17.0 Å². The summed E-state index contributed by atoms with van der Waals surface area (Å²) in [6, 6.07) is 10.5. The van der Waals surface area contributed by atoms with Gasteiger partial charge in [0.2, 0.25) is 5.11 Å². The number of hydrazone groups is 1. The summed E-state index contributed by atoms with van der Waals surface area (Å²) >= 11 is 4.91. The van der Waals surface area contributed by atoms with Crippen LogP contribution in [-0.2, 0) is 15.5 Å². The number of thiocarbonyl (C=S) groups is 1. The smallest absolute Gasteiger partial charge is 0.290 e. The molecule has 0 spiro atoms. The van der Waals surface area contributed by atoms with Gasteiger partial charge in [-0.25, -0.2) is 5.84 Å². The largest absolute Gasteiger partial charge is 0.300 e. The highest BCUT2D eigenvalue weighted by Gasteiger charge is 2.38. The van der Waals surface area contributed by atoms with E-state index in [1.54, 1.807) is 54.9 Å². The molecule has 1 aliphatic rings. The molecule has 0 radical (unpaired) electrons. The van der Waals surface area contributed by atoms with Crippen LogP contribution >= 0.6 is 12.2 Å². The lowest BCUT2D eigenvalue weighted by atomic mass is 9.76. The summed E-state index contributed by atoms with van der Waals surface area (Å²) < 4.78 is 33.8. The number of hydrazine groups is 1. The lowest BCUT2D eigenvalue weighted by Gasteiger charge is -2.30. The second-order valence-electron chi connectivity index (χ2n) is 6.18. The molecule has 2 aromatic heterocycles. The van der Waals surface area contributed by atoms with Gasteiger partial charge >= 0.3 is 0 Å². The van der Waals surface area contributed by atoms with E-state index in [1.165, 1.54) is 12.3 Å². The number of rotatable bonds is 5. The number of aromatic nitrogens is 2. The van der Waals surface area contributed by atoms with E-state index < -0.39 is 15.5 Å². The summed E-state index contributed by atoms with van der Waals surface area (Å²) in [7, 11) is -4.47. The first-order chi connectivity index (χ1) is 13.8. The molecule has 150 valence electrons. The number of hydrogen-bond acceptors (Lipinski definition) is 7. The molecule has 1 atom stereocenters. The van der Waals surface area contributed by atoms with Crippen molar-refractivity contribution < 1.29 is 13.0 Å². The van der Waals surface area contributed by atoms with Crippen molar-refractivity contribution in [1.29, 1.82) is 0 Å². The van der Waals surface area contributed by atoms with Crippen LogP contribution in [0.3, 0.4) is 0 Å².